The number of amides is 1. The smallest absolute Gasteiger partial charge is 0.243 e. The fourth-order valence-corrected chi connectivity index (χ4v) is 4.79. The van der Waals surface area contributed by atoms with Gasteiger partial charge >= 0.3 is 0 Å². The molecule has 0 spiro atoms. The minimum atomic E-state index is -3.91. The van der Waals surface area contributed by atoms with Gasteiger partial charge in [0.15, 0.2) is 0 Å². The Labute approximate surface area is 193 Å². The average Bonchev–Trinajstić information content (AvgIpc) is 2.82. The first-order valence-electron chi connectivity index (χ1n) is 10.0. The van der Waals surface area contributed by atoms with Crippen LogP contribution >= 0.6 is 0 Å². The van der Waals surface area contributed by atoms with Crippen LogP contribution in [0.3, 0.4) is 0 Å². The predicted octanol–water partition coefficient (Wildman–Crippen LogP) is 3.90. The van der Waals surface area contributed by atoms with Crippen LogP contribution in [-0.2, 0) is 14.6 Å². The number of ether oxygens (including phenoxy) is 3. The lowest BCUT2D eigenvalue weighted by atomic mass is 10.2. The third-order valence-corrected chi connectivity index (χ3v) is 6.77. The lowest BCUT2D eigenvalue weighted by Gasteiger charge is -2.16. The molecule has 33 heavy (non-hydrogen) atoms. The zero-order chi connectivity index (χ0) is 24.0. The Morgan fingerprint density at radius 1 is 0.848 bits per heavy atom. The van der Waals surface area contributed by atoms with E-state index in [2.05, 4.69) is 10.6 Å². The molecule has 0 radical (unpaired) electrons. The highest BCUT2D eigenvalue weighted by molar-refractivity contribution is 7.91. The monoisotopic (exact) mass is 470 g/mol. The predicted molar refractivity (Wildman–Crippen MR) is 126 cm³/mol. The number of methoxy groups -OCH3 is 3. The van der Waals surface area contributed by atoms with E-state index in [0.717, 1.165) is 5.56 Å². The van der Waals surface area contributed by atoms with E-state index >= 15 is 0 Å². The van der Waals surface area contributed by atoms with Crippen molar-refractivity contribution in [3.8, 4) is 17.2 Å². The Bertz CT molecular complexity index is 1240. The van der Waals surface area contributed by atoms with Crippen LogP contribution in [0.4, 0.5) is 11.4 Å². The summed E-state index contributed by atoms with van der Waals surface area (Å²) in [5, 5.41) is 5.66. The second-order valence-electron chi connectivity index (χ2n) is 7.12. The SMILES string of the molecule is COc1ccc(OC)c(NC(=O)CNc2cccc(OC)c2S(=O)(=O)c2ccc(C)cc2)c1. The highest BCUT2D eigenvalue weighted by atomic mass is 32.2. The maximum atomic E-state index is 13.4. The van der Waals surface area contributed by atoms with Gasteiger partial charge < -0.3 is 24.8 Å². The highest BCUT2D eigenvalue weighted by Crippen LogP contribution is 2.36. The third kappa shape index (κ3) is 5.38. The summed E-state index contributed by atoms with van der Waals surface area (Å²) in [6, 6.07) is 16.4. The van der Waals surface area contributed by atoms with E-state index in [1.807, 2.05) is 6.92 Å². The molecule has 0 heterocycles. The van der Waals surface area contributed by atoms with Crippen LogP contribution < -0.4 is 24.8 Å². The number of nitrogens with one attached hydrogen (secondary N) is 2. The van der Waals surface area contributed by atoms with E-state index in [1.165, 1.54) is 21.3 Å². The Morgan fingerprint density at radius 3 is 2.18 bits per heavy atom. The molecule has 174 valence electrons. The number of benzene rings is 3. The molecule has 8 nitrogen and oxygen atoms in total. The van der Waals surface area contributed by atoms with Gasteiger partial charge in [-0.25, -0.2) is 8.42 Å². The van der Waals surface area contributed by atoms with E-state index in [-0.39, 0.29) is 27.8 Å². The molecule has 0 saturated heterocycles. The molecule has 3 rings (SSSR count). The summed E-state index contributed by atoms with van der Waals surface area (Å²) >= 11 is 0. The minimum absolute atomic E-state index is 0.0388. The van der Waals surface area contributed by atoms with Gasteiger partial charge in [0.25, 0.3) is 0 Å². The number of carbonyl (C=O) groups is 1. The van der Waals surface area contributed by atoms with Gasteiger partial charge in [-0.05, 0) is 43.3 Å². The van der Waals surface area contributed by atoms with Crippen LogP contribution in [0.1, 0.15) is 5.56 Å². The van der Waals surface area contributed by atoms with Crippen LogP contribution in [0.5, 0.6) is 17.2 Å². The second kappa shape index (κ2) is 10.3. The lowest BCUT2D eigenvalue weighted by molar-refractivity contribution is -0.114. The van der Waals surface area contributed by atoms with Crippen molar-refractivity contribution < 1.29 is 27.4 Å². The van der Waals surface area contributed by atoms with E-state index in [1.54, 1.807) is 60.7 Å². The Kier molecular flexibility index (Phi) is 7.44. The van der Waals surface area contributed by atoms with E-state index < -0.39 is 15.7 Å². The molecule has 0 fully saturated rings. The van der Waals surface area contributed by atoms with Gasteiger partial charge in [-0.1, -0.05) is 23.8 Å². The molecule has 0 unspecified atom stereocenters. The molecule has 0 aliphatic rings. The summed E-state index contributed by atoms with van der Waals surface area (Å²) in [6.07, 6.45) is 0. The first-order chi connectivity index (χ1) is 15.8. The third-order valence-electron chi connectivity index (χ3n) is 4.92. The molecule has 1 amide bonds. The number of hydrogen-bond donors (Lipinski definition) is 2. The largest absolute Gasteiger partial charge is 0.497 e. The summed E-state index contributed by atoms with van der Waals surface area (Å²) in [5.74, 6) is 0.796. The number of rotatable bonds is 9. The van der Waals surface area contributed by atoms with E-state index in [9.17, 15) is 13.2 Å². The molecular weight excluding hydrogens is 444 g/mol. The molecule has 3 aromatic rings. The first-order valence-corrected chi connectivity index (χ1v) is 11.5. The molecule has 0 atom stereocenters. The van der Waals surface area contributed by atoms with Crippen LogP contribution in [0.25, 0.3) is 0 Å². The molecule has 3 aromatic carbocycles. The minimum Gasteiger partial charge on any atom is -0.497 e. The van der Waals surface area contributed by atoms with Gasteiger partial charge in [0.05, 0.1) is 44.1 Å². The molecule has 2 N–H and O–H groups in total. The summed E-state index contributed by atoms with van der Waals surface area (Å²) in [5.41, 5.74) is 1.63. The fourth-order valence-electron chi connectivity index (χ4n) is 3.21. The number of anilines is 2. The lowest BCUT2D eigenvalue weighted by Crippen LogP contribution is -2.23. The van der Waals surface area contributed by atoms with Crippen LogP contribution in [0.2, 0.25) is 0 Å². The van der Waals surface area contributed by atoms with Crippen molar-refractivity contribution in [2.75, 3.05) is 38.5 Å². The number of hydrogen-bond acceptors (Lipinski definition) is 7. The zero-order valence-corrected chi connectivity index (χ0v) is 19.7. The van der Waals surface area contributed by atoms with E-state index in [4.69, 9.17) is 14.2 Å². The normalized spacial score (nSPS) is 10.9. The number of aryl methyl sites for hydroxylation is 1. The van der Waals surface area contributed by atoms with Crippen molar-refractivity contribution in [2.45, 2.75) is 16.7 Å². The van der Waals surface area contributed by atoms with Crippen molar-refractivity contribution in [2.24, 2.45) is 0 Å². The maximum absolute atomic E-state index is 13.4. The van der Waals surface area contributed by atoms with Gasteiger partial charge in [0.2, 0.25) is 15.7 Å². The van der Waals surface area contributed by atoms with Crippen LogP contribution in [0, 0.1) is 6.92 Å². The number of sulfone groups is 1. The molecule has 9 heteroatoms. The van der Waals surface area contributed by atoms with Crippen molar-refractivity contribution in [3.05, 3.63) is 66.2 Å². The molecule has 0 aliphatic carbocycles. The summed E-state index contributed by atoms with van der Waals surface area (Å²) in [4.78, 5) is 12.7. The Morgan fingerprint density at radius 2 is 1.55 bits per heavy atom. The summed E-state index contributed by atoms with van der Waals surface area (Å²) in [6.45, 7) is 1.69. The van der Waals surface area contributed by atoms with Crippen molar-refractivity contribution >= 4 is 27.1 Å². The second-order valence-corrected chi connectivity index (χ2v) is 9.01. The number of carbonyl (C=O) groups excluding carboxylic acids is 1. The summed E-state index contributed by atoms with van der Waals surface area (Å²) in [7, 11) is 0.502. The highest BCUT2D eigenvalue weighted by Gasteiger charge is 2.26. The average molecular weight is 471 g/mol. The van der Waals surface area contributed by atoms with Gasteiger partial charge in [0, 0.05) is 6.07 Å². The molecule has 0 aromatic heterocycles. The maximum Gasteiger partial charge on any atom is 0.243 e. The van der Waals surface area contributed by atoms with Gasteiger partial charge in [-0.3, -0.25) is 4.79 Å². The summed E-state index contributed by atoms with van der Waals surface area (Å²) < 4.78 is 42.6. The first kappa shape index (κ1) is 23.9. The van der Waals surface area contributed by atoms with Crippen LogP contribution in [-0.4, -0.2) is 42.2 Å². The molecule has 0 saturated carbocycles. The molecule has 0 bridgehead atoms. The molecular formula is C24H26N2O6S. The molecule has 0 aliphatic heterocycles. The van der Waals surface area contributed by atoms with Crippen molar-refractivity contribution in [3.63, 3.8) is 0 Å². The van der Waals surface area contributed by atoms with Gasteiger partial charge in [-0.15, -0.1) is 0 Å². The van der Waals surface area contributed by atoms with Crippen LogP contribution in [0.15, 0.2) is 70.5 Å². The Hall–Kier alpha value is -3.72. The van der Waals surface area contributed by atoms with Crippen molar-refractivity contribution in [1.82, 2.24) is 0 Å². The van der Waals surface area contributed by atoms with Gasteiger partial charge in [-0.2, -0.15) is 0 Å². The fraction of sp³-hybridized carbons (Fsp3) is 0.208. The zero-order valence-electron chi connectivity index (χ0n) is 18.8. The topological polar surface area (TPSA) is 103 Å². The van der Waals surface area contributed by atoms with E-state index in [0.29, 0.717) is 17.2 Å². The Balaban J connectivity index is 1.87. The quantitative estimate of drug-likeness (QED) is 0.489. The van der Waals surface area contributed by atoms with Gasteiger partial charge in [0.1, 0.15) is 22.1 Å². The van der Waals surface area contributed by atoms with Crippen molar-refractivity contribution in [1.29, 1.82) is 0 Å². The standard InChI is InChI=1S/C24H26N2O6S/c1-16-8-11-18(12-9-16)33(28,29)24-19(6-5-7-22(24)32-4)25-15-23(27)26-20-14-17(30-2)10-13-21(20)31-3/h5-14,25H,15H2,1-4H3,(H,26,27).